The van der Waals surface area contributed by atoms with E-state index in [2.05, 4.69) is 0 Å². The van der Waals surface area contributed by atoms with Crippen molar-refractivity contribution in [2.75, 3.05) is 13.2 Å². The largest absolute Gasteiger partial charge is 0.508 e. The van der Waals surface area contributed by atoms with Gasteiger partial charge in [-0.05, 0) is 48.5 Å². The Morgan fingerprint density at radius 3 is 1.43 bits per heavy atom. The highest BCUT2D eigenvalue weighted by Gasteiger charge is 2.51. The van der Waals surface area contributed by atoms with Crippen LogP contribution in [0.25, 0.3) is 0 Å². The van der Waals surface area contributed by atoms with E-state index in [1.165, 1.54) is 48.5 Å². The van der Waals surface area contributed by atoms with Crippen LogP contribution in [0.2, 0.25) is 0 Å². The highest BCUT2D eigenvalue weighted by Crippen LogP contribution is 2.31. The maximum Gasteiger partial charge on any atom is 0.338 e. The molecule has 0 aromatic heterocycles. The molecule has 28 heavy (non-hydrogen) atoms. The average Bonchev–Trinajstić information content (AvgIpc) is 3.26. The summed E-state index contributed by atoms with van der Waals surface area (Å²) < 4.78 is 22.2. The summed E-state index contributed by atoms with van der Waals surface area (Å²) in [6.07, 6.45) is -2.30. The normalized spacial score (nSPS) is 25.9. The zero-order chi connectivity index (χ0) is 19.7. The van der Waals surface area contributed by atoms with Gasteiger partial charge in [0.2, 0.25) is 0 Å². The first-order valence-electron chi connectivity index (χ1n) is 8.74. The van der Waals surface area contributed by atoms with E-state index in [4.69, 9.17) is 18.9 Å². The number of benzene rings is 2. The summed E-state index contributed by atoms with van der Waals surface area (Å²) in [5.41, 5.74) is 0.601. The Morgan fingerprint density at radius 1 is 0.714 bits per heavy atom. The summed E-state index contributed by atoms with van der Waals surface area (Å²) in [6, 6.07) is 11.4. The van der Waals surface area contributed by atoms with Crippen LogP contribution >= 0.6 is 0 Å². The van der Waals surface area contributed by atoms with Crippen molar-refractivity contribution in [1.29, 1.82) is 0 Å². The molecule has 2 aliphatic rings. The zero-order valence-corrected chi connectivity index (χ0v) is 14.7. The van der Waals surface area contributed by atoms with E-state index in [1.807, 2.05) is 0 Å². The van der Waals surface area contributed by atoms with Crippen LogP contribution in [-0.2, 0) is 18.9 Å². The van der Waals surface area contributed by atoms with E-state index in [0.717, 1.165) is 0 Å². The van der Waals surface area contributed by atoms with Gasteiger partial charge in [-0.2, -0.15) is 0 Å². The number of ether oxygens (including phenoxy) is 4. The molecule has 2 saturated heterocycles. The van der Waals surface area contributed by atoms with Gasteiger partial charge in [-0.25, -0.2) is 9.59 Å². The lowest BCUT2D eigenvalue weighted by atomic mass is 10.1. The molecule has 2 aromatic rings. The van der Waals surface area contributed by atoms with Crippen LogP contribution in [0.1, 0.15) is 20.7 Å². The van der Waals surface area contributed by atoms with Crippen molar-refractivity contribution < 1.29 is 38.7 Å². The lowest BCUT2D eigenvalue weighted by Crippen LogP contribution is -2.36. The molecular formula is C20H18O8. The van der Waals surface area contributed by atoms with E-state index in [-0.39, 0.29) is 24.7 Å². The Balaban J connectivity index is 1.36. The van der Waals surface area contributed by atoms with Crippen molar-refractivity contribution in [2.45, 2.75) is 24.4 Å². The quantitative estimate of drug-likeness (QED) is 0.763. The van der Waals surface area contributed by atoms with Crippen molar-refractivity contribution in [3.8, 4) is 11.5 Å². The number of rotatable bonds is 4. The molecule has 0 amide bonds. The van der Waals surface area contributed by atoms with Gasteiger partial charge in [-0.3, -0.25) is 0 Å². The molecule has 0 bridgehead atoms. The molecule has 0 radical (unpaired) electrons. The minimum absolute atomic E-state index is 0.0539. The third kappa shape index (κ3) is 3.64. The number of carbonyl (C=O) groups excluding carboxylic acids is 2. The Bertz CT molecular complexity index is 787. The molecule has 0 spiro atoms. The summed E-state index contributed by atoms with van der Waals surface area (Å²) >= 11 is 0. The minimum Gasteiger partial charge on any atom is -0.508 e. The van der Waals surface area contributed by atoms with Crippen LogP contribution in [0, 0.1) is 0 Å². The first-order valence-corrected chi connectivity index (χ1v) is 8.74. The van der Waals surface area contributed by atoms with Crippen LogP contribution in [0.4, 0.5) is 0 Å². The highest BCUT2D eigenvalue weighted by molar-refractivity contribution is 5.90. The summed E-state index contributed by atoms with van der Waals surface area (Å²) in [7, 11) is 0. The van der Waals surface area contributed by atoms with Crippen LogP contribution in [-0.4, -0.2) is 59.8 Å². The maximum absolute atomic E-state index is 12.3. The second-order valence-corrected chi connectivity index (χ2v) is 6.58. The first-order chi connectivity index (χ1) is 13.5. The third-order valence-electron chi connectivity index (χ3n) is 4.69. The number of fused-ring (bicyclic) bond motifs is 1. The van der Waals surface area contributed by atoms with Crippen molar-refractivity contribution >= 4 is 11.9 Å². The van der Waals surface area contributed by atoms with Crippen LogP contribution < -0.4 is 0 Å². The van der Waals surface area contributed by atoms with Crippen molar-refractivity contribution in [3.05, 3.63) is 59.7 Å². The van der Waals surface area contributed by atoms with E-state index >= 15 is 0 Å². The molecule has 4 rings (SSSR count). The minimum atomic E-state index is -0.622. The Labute approximate surface area is 160 Å². The van der Waals surface area contributed by atoms with E-state index in [1.54, 1.807) is 0 Å². The number of aromatic hydroxyl groups is 2. The number of esters is 2. The fourth-order valence-electron chi connectivity index (χ4n) is 3.24. The van der Waals surface area contributed by atoms with Gasteiger partial charge >= 0.3 is 11.9 Å². The fraction of sp³-hybridized carbons (Fsp3) is 0.300. The van der Waals surface area contributed by atoms with E-state index < -0.39 is 36.4 Å². The number of phenols is 2. The molecule has 4 atom stereocenters. The molecule has 2 N–H and O–H groups in total. The standard InChI is InChI=1S/C20H18O8/c21-13-5-1-11(2-6-13)19(23)27-15-9-25-18-16(10-26-17(15)18)28-20(24)12-3-7-14(22)8-4-12/h1-8,15-18,21-22H,9-10H2/t15-,16+,17?,18?. The molecule has 0 saturated carbocycles. The second kappa shape index (κ2) is 7.49. The lowest BCUT2D eigenvalue weighted by Gasteiger charge is -2.17. The van der Waals surface area contributed by atoms with Crippen LogP contribution in [0.3, 0.4) is 0 Å². The van der Waals surface area contributed by atoms with Crippen molar-refractivity contribution in [1.82, 2.24) is 0 Å². The van der Waals surface area contributed by atoms with Gasteiger partial charge in [0.05, 0.1) is 24.3 Å². The number of carbonyl (C=O) groups is 2. The Morgan fingerprint density at radius 2 is 1.07 bits per heavy atom. The summed E-state index contributed by atoms with van der Waals surface area (Å²) in [4.78, 5) is 24.5. The zero-order valence-electron chi connectivity index (χ0n) is 14.7. The molecule has 146 valence electrons. The molecule has 8 nitrogen and oxygen atoms in total. The Hall–Kier alpha value is -3.10. The maximum atomic E-state index is 12.3. The van der Waals surface area contributed by atoms with Gasteiger partial charge in [0.25, 0.3) is 0 Å². The molecular weight excluding hydrogens is 368 g/mol. The molecule has 0 aliphatic carbocycles. The molecule has 2 fully saturated rings. The molecule has 2 unspecified atom stereocenters. The SMILES string of the molecule is O=C(O[C@H]1COC2C1OC[C@H]2OC(=O)c1ccc(O)cc1)c1ccc(O)cc1. The number of phenolic OH excluding ortho intramolecular Hbond substituents is 2. The van der Waals surface area contributed by atoms with Gasteiger partial charge < -0.3 is 29.2 Å². The Kier molecular flexibility index (Phi) is 4.89. The molecule has 2 heterocycles. The van der Waals surface area contributed by atoms with Crippen LogP contribution in [0.5, 0.6) is 11.5 Å². The summed E-state index contributed by atoms with van der Waals surface area (Å²) in [6.45, 7) is 0.263. The van der Waals surface area contributed by atoms with E-state index in [0.29, 0.717) is 11.1 Å². The number of hydrogen-bond donors (Lipinski definition) is 2. The molecule has 2 aromatic carbocycles. The van der Waals surface area contributed by atoms with E-state index in [9.17, 15) is 19.8 Å². The van der Waals surface area contributed by atoms with Gasteiger partial charge in [0.1, 0.15) is 23.7 Å². The fourth-order valence-corrected chi connectivity index (χ4v) is 3.24. The summed E-state index contributed by atoms with van der Waals surface area (Å²) in [5, 5.41) is 18.6. The monoisotopic (exact) mass is 386 g/mol. The number of hydrogen-bond acceptors (Lipinski definition) is 8. The average molecular weight is 386 g/mol. The van der Waals surface area contributed by atoms with Gasteiger partial charge in [-0.1, -0.05) is 0 Å². The van der Waals surface area contributed by atoms with Gasteiger partial charge in [-0.15, -0.1) is 0 Å². The van der Waals surface area contributed by atoms with Gasteiger partial charge in [0.15, 0.2) is 12.2 Å². The first kappa shape index (κ1) is 18.3. The van der Waals surface area contributed by atoms with Crippen molar-refractivity contribution in [2.24, 2.45) is 0 Å². The highest BCUT2D eigenvalue weighted by atomic mass is 16.7. The lowest BCUT2D eigenvalue weighted by molar-refractivity contribution is -0.0287. The second-order valence-electron chi connectivity index (χ2n) is 6.58. The summed E-state index contributed by atoms with van der Waals surface area (Å²) in [5.74, 6) is -0.999. The van der Waals surface area contributed by atoms with Crippen molar-refractivity contribution in [3.63, 3.8) is 0 Å². The van der Waals surface area contributed by atoms with Crippen LogP contribution in [0.15, 0.2) is 48.5 Å². The molecule has 2 aliphatic heterocycles. The smallest absolute Gasteiger partial charge is 0.338 e. The topological polar surface area (TPSA) is 112 Å². The molecule has 8 heteroatoms. The predicted molar refractivity (Wildman–Crippen MR) is 94.1 cm³/mol. The third-order valence-corrected chi connectivity index (χ3v) is 4.69. The predicted octanol–water partition coefficient (Wildman–Crippen LogP) is 1.65. The van der Waals surface area contributed by atoms with Gasteiger partial charge in [0, 0.05) is 0 Å².